The van der Waals surface area contributed by atoms with Crippen LogP contribution in [-0.2, 0) is 6.42 Å². The fourth-order valence-corrected chi connectivity index (χ4v) is 1.95. The molecule has 0 spiro atoms. The highest BCUT2D eigenvalue weighted by Crippen LogP contribution is 2.15. The van der Waals surface area contributed by atoms with Gasteiger partial charge in [-0.2, -0.15) is 0 Å². The van der Waals surface area contributed by atoms with E-state index in [-0.39, 0.29) is 6.04 Å². The number of H-pyrrole nitrogens is 1. The molecule has 0 radical (unpaired) electrons. The average Bonchev–Trinajstić information content (AvgIpc) is 2.82. The Morgan fingerprint density at radius 1 is 1.24 bits per heavy atom. The molecule has 1 heterocycles. The first-order valence-corrected chi connectivity index (χ1v) is 6.05. The van der Waals surface area contributed by atoms with Gasteiger partial charge >= 0.3 is 0 Å². The summed E-state index contributed by atoms with van der Waals surface area (Å²) in [6, 6.07) is 11.2. The van der Waals surface area contributed by atoms with Crippen molar-refractivity contribution in [3.63, 3.8) is 0 Å². The highest BCUT2D eigenvalue weighted by atomic mass is 15.0. The number of hydrogen-bond acceptors (Lipinski definition) is 2. The number of nitrogens with zero attached hydrogens (tertiary/aromatic N) is 1. The van der Waals surface area contributed by atoms with E-state index in [1.807, 2.05) is 12.3 Å². The van der Waals surface area contributed by atoms with Gasteiger partial charge in [-0.05, 0) is 12.0 Å². The monoisotopic (exact) mass is 229 g/mol. The van der Waals surface area contributed by atoms with Crippen molar-refractivity contribution in [2.75, 3.05) is 0 Å². The maximum atomic E-state index is 4.35. The molecular weight excluding hydrogens is 210 g/mol. The fourth-order valence-electron chi connectivity index (χ4n) is 1.95. The fraction of sp³-hybridized carbons (Fsp3) is 0.357. The summed E-state index contributed by atoms with van der Waals surface area (Å²) in [6.45, 7) is 4.31. The molecule has 1 atom stereocenters. The van der Waals surface area contributed by atoms with Crippen LogP contribution >= 0.6 is 0 Å². The van der Waals surface area contributed by atoms with Crippen molar-refractivity contribution < 1.29 is 0 Å². The van der Waals surface area contributed by atoms with E-state index >= 15 is 0 Å². The van der Waals surface area contributed by atoms with Crippen LogP contribution in [0.5, 0.6) is 0 Å². The van der Waals surface area contributed by atoms with Crippen LogP contribution in [0.4, 0.5) is 0 Å². The molecule has 0 fully saturated rings. The van der Waals surface area contributed by atoms with Crippen LogP contribution in [-0.4, -0.2) is 16.0 Å². The zero-order valence-corrected chi connectivity index (χ0v) is 10.4. The van der Waals surface area contributed by atoms with Crippen LogP contribution in [0.3, 0.4) is 0 Å². The van der Waals surface area contributed by atoms with Crippen molar-refractivity contribution in [2.24, 2.45) is 0 Å². The number of aromatic nitrogens is 2. The predicted octanol–water partition coefficient (Wildman–Crippen LogP) is 2.69. The molecule has 90 valence electrons. The molecular formula is C14H19N3. The Balaban J connectivity index is 2.11. The maximum Gasteiger partial charge on any atom is 0.123 e. The van der Waals surface area contributed by atoms with E-state index in [1.165, 1.54) is 5.56 Å². The highest BCUT2D eigenvalue weighted by molar-refractivity contribution is 5.17. The normalized spacial score (nSPS) is 12.9. The minimum atomic E-state index is 0.243. The Hall–Kier alpha value is -1.61. The third kappa shape index (κ3) is 3.43. The Morgan fingerprint density at radius 2 is 2.00 bits per heavy atom. The van der Waals surface area contributed by atoms with Crippen LogP contribution in [0.1, 0.15) is 31.3 Å². The zero-order valence-electron chi connectivity index (χ0n) is 10.4. The molecule has 0 aliphatic carbocycles. The molecule has 0 aliphatic rings. The lowest BCUT2D eigenvalue weighted by molar-refractivity contribution is 0.459. The average molecular weight is 229 g/mol. The van der Waals surface area contributed by atoms with Crippen molar-refractivity contribution in [2.45, 2.75) is 32.4 Å². The van der Waals surface area contributed by atoms with Crippen molar-refractivity contribution in [3.8, 4) is 0 Å². The summed E-state index contributed by atoms with van der Waals surface area (Å²) in [5, 5.41) is 3.54. The summed E-state index contributed by atoms with van der Waals surface area (Å²) in [6.07, 6.45) is 4.62. The second-order valence-electron chi connectivity index (χ2n) is 4.54. The lowest BCUT2D eigenvalue weighted by atomic mass is 10.0. The molecule has 2 aromatic rings. The molecule has 0 bridgehead atoms. The van der Waals surface area contributed by atoms with Crippen molar-refractivity contribution in [3.05, 3.63) is 54.1 Å². The summed E-state index contributed by atoms with van der Waals surface area (Å²) >= 11 is 0. The maximum absolute atomic E-state index is 4.35. The largest absolute Gasteiger partial charge is 0.347 e. The molecule has 0 unspecified atom stereocenters. The molecule has 17 heavy (non-hydrogen) atoms. The third-order valence-electron chi connectivity index (χ3n) is 2.67. The summed E-state index contributed by atoms with van der Waals surface area (Å²) in [5.74, 6) is 1.00. The summed E-state index contributed by atoms with van der Waals surface area (Å²) in [7, 11) is 0. The topological polar surface area (TPSA) is 40.7 Å². The number of benzene rings is 1. The van der Waals surface area contributed by atoms with E-state index in [2.05, 4.69) is 53.4 Å². The van der Waals surface area contributed by atoms with Crippen LogP contribution in [0.2, 0.25) is 0 Å². The van der Waals surface area contributed by atoms with E-state index in [1.54, 1.807) is 6.20 Å². The van der Waals surface area contributed by atoms with Crippen LogP contribution < -0.4 is 5.32 Å². The smallest absolute Gasteiger partial charge is 0.123 e. The van der Waals surface area contributed by atoms with Gasteiger partial charge in [0.05, 0.1) is 6.04 Å². The van der Waals surface area contributed by atoms with E-state index < -0.39 is 0 Å². The van der Waals surface area contributed by atoms with Crippen LogP contribution in [0.15, 0.2) is 42.7 Å². The van der Waals surface area contributed by atoms with Gasteiger partial charge in [0.15, 0.2) is 0 Å². The van der Waals surface area contributed by atoms with Gasteiger partial charge < -0.3 is 10.3 Å². The standard InChI is InChI=1S/C14H19N3/c1-11(2)17-13(14-15-8-9-16-14)10-12-6-4-3-5-7-12/h3-9,11,13,17H,10H2,1-2H3,(H,15,16)/t13-/m0/s1. The SMILES string of the molecule is CC(C)N[C@@H](Cc1ccccc1)c1ncc[nH]1. The second kappa shape index (κ2) is 5.64. The number of rotatable bonds is 5. The number of imidazole rings is 1. The van der Waals surface area contributed by atoms with Gasteiger partial charge in [0, 0.05) is 18.4 Å². The van der Waals surface area contributed by atoms with Crippen LogP contribution in [0.25, 0.3) is 0 Å². The second-order valence-corrected chi connectivity index (χ2v) is 4.54. The van der Waals surface area contributed by atoms with Gasteiger partial charge in [-0.3, -0.25) is 0 Å². The molecule has 0 amide bonds. The molecule has 1 aromatic heterocycles. The van der Waals surface area contributed by atoms with Gasteiger partial charge in [-0.25, -0.2) is 4.98 Å². The number of hydrogen-bond donors (Lipinski definition) is 2. The quantitative estimate of drug-likeness (QED) is 0.827. The van der Waals surface area contributed by atoms with Crippen LogP contribution in [0, 0.1) is 0 Å². The number of aromatic amines is 1. The van der Waals surface area contributed by atoms with Crippen molar-refractivity contribution in [1.82, 2.24) is 15.3 Å². The third-order valence-corrected chi connectivity index (χ3v) is 2.67. The molecule has 2 N–H and O–H groups in total. The summed E-state index contributed by atoms with van der Waals surface area (Å²) < 4.78 is 0. The lowest BCUT2D eigenvalue weighted by Crippen LogP contribution is -2.30. The molecule has 3 nitrogen and oxygen atoms in total. The minimum Gasteiger partial charge on any atom is -0.347 e. The molecule has 3 heteroatoms. The summed E-state index contributed by atoms with van der Waals surface area (Å²) in [4.78, 5) is 7.54. The lowest BCUT2D eigenvalue weighted by Gasteiger charge is -2.19. The van der Waals surface area contributed by atoms with Gasteiger partial charge in [0.1, 0.15) is 5.82 Å². The molecule has 0 saturated heterocycles. The van der Waals surface area contributed by atoms with Gasteiger partial charge in [-0.15, -0.1) is 0 Å². The molecule has 1 aromatic carbocycles. The molecule has 0 aliphatic heterocycles. The first kappa shape index (κ1) is 11.9. The highest BCUT2D eigenvalue weighted by Gasteiger charge is 2.15. The Kier molecular flexibility index (Phi) is 3.94. The number of nitrogens with one attached hydrogen (secondary N) is 2. The van der Waals surface area contributed by atoms with Gasteiger partial charge in [0.2, 0.25) is 0 Å². The van der Waals surface area contributed by atoms with E-state index in [4.69, 9.17) is 0 Å². The van der Waals surface area contributed by atoms with Crippen molar-refractivity contribution >= 4 is 0 Å². The van der Waals surface area contributed by atoms with E-state index in [0.29, 0.717) is 6.04 Å². The molecule has 2 rings (SSSR count). The molecule has 0 saturated carbocycles. The predicted molar refractivity (Wildman–Crippen MR) is 69.7 cm³/mol. The van der Waals surface area contributed by atoms with E-state index in [9.17, 15) is 0 Å². The minimum absolute atomic E-state index is 0.243. The van der Waals surface area contributed by atoms with Gasteiger partial charge in [-0.1, -0.05) is 44.2 Å². The van der Waals surface area contributed by atoms with Gasteiger partial charge in [0.25, 0.3) is 0 Å². The van der Waals surface area contributed by atoms with E-state index in [0.717, 1.165) is 12.2 Å². The Bertz CT molecular complexity index is 420. The zero-order chi connectivity index (χ0) is 12.1. The first-order valence-electron chi connectivity index (χ1n) is 6.05. The first-order chi connectivity index (χ1) is 8.25. The van der Waals surface area contributed by atoms with Crippen molar-refractivity contribution in [1.29, 1.82) is 0 Å². The Morgan fingerprint density at radius 3 is 2.59 bits per heavy atom. The Labute approximate surface area is 102 Å². The summed E-state index contributed by atoms with van der Waals surface area (Å²) in [5.41, 5.74) is 1.32.